The number of aromatic nitrogens is 3. The second-order valence-corrected chi connectivity index (χ2v) is 11.5. The fourth-order valence-electron chi connectivity index (χ4n) is 3.49. The molecule has 0 saturated carbocycles. The fourth-order valence-corrected chi connectivity index (χ4v) is 6.39. The highest BCUT2D eigenvalue weighted by molar-refractivity contribution is 7.93. The van der Waals surface area contributed by atoms with Crippen molar-refractivity contribution in [3.05, 3.63) is 50.8 Å². The van der Waals surface area contributed by atoms with Crippen LogP contribution in [0.3, 0.4) is 0 Å². The lowest BCUT2D eigenvalue weighted by molar-refractivity contribution is 0.104. The number of nitrogens with two attached hydrogens (primary N) is 2. The maximum Gasteiger partial charge on any atom is 0.263 e. The lowest BCUT2D eigenvalue weighted by atomic mass is 9.94. The molecule has 13 heteroatoms. The Morgan fingerprint density at radius 3 is 2.38 bits per heavy atom. The normalized spacial score (nSPS) is 11.6. The maximum absolute atomic E-state index is 13.2. The lowest BCUT2D eigenvalue weighted by Gasteiger charge is -2.12. The Morgan fingerprint density at radius 1 is 1.15 bits per heavy atom. The monoisotopic (exact) mass is 513 g/mol. The molecule has 0 atom stereocenters. The van der Waals surface area contributed by atoms with Crippen molar-refractivity contribution in [1.29, 1.82) is 5.26 Å². The number of ketones is 1. The Morgan fingerprint density at radius 2 is 1.82 bits per heavy atom. The zero-order valence-corrected chi connectivity index (χ0v) is 20.7. The molecule has 0 aliphatic carbocycles. The number of carbonyl (C=O) groups excluding carboxylic acids is 1. The second kappa shape index (κ2) is 8.64. The number of benzene rings is 1. The standard InChI is InChI=1S/C21H19N7O3S3/c1-9(2)14-13(8-22)19(24)25-20-15(14)16(23)18(33-20)17(29)11-4-6-12(7-5-11)34(30,31)28-21-27-26-10(3)32-21/h4-7,9H,23H2,1-3H3,(H2,24,25)(H,27,28). The summed E-state index contributed by atoms with van der Waals surface area (Å²) in [5, 5.41) is 18.4. The molecule has 0 radical (unpaired) electrons. The molecule has 0 amide bonds. The largest absolute Gasteiger partial charge is 0.397 e. The summed E-state index contributed by atoms with van der Waals surface area (Å²) in [7, 11) is -3.89. The first kappa shape index (κ1) is 23.6. The van der Waals surface area contributed by atoms with Gasteiger partial charge in [0.25, 0.3) is 10.0 Å². The van der Waals surface area contributed by atoms with Crippen molar-refractivity contribution in [1.82, 2.24) is 15.2 Å². The Kier molecular flexibility index (Phi) is 5.98. The number of pyridine rings is 1. The highest BCUT2D eigenvalue weighted by Gasteiger charge is 2.25. The molecule has 0 saturated heterocycles. The van der Waals surface area contributed by atoms with Crippen LogP contribution in [0.4, 0.5) is 16.6 Å². The average molecular weight is 514 g/mol. The molecule has 3 aromatic heterocycles. The molecule has 0 aliphatic heterocycles. The van der Waals surface area contributed by atoms with Crippen LogP contribution >= 0.6 is 22.7 Å². The summed E-state index contributed by atoms with van der Waals surface area (Å²) in [6.45, 7) is 5.53. The van der Waals surface area contributed by atoms with Gasteiger partial charge in [0.2, 0.25) is 10.9 Å². The predicted molar refractivity (Wildman–Crippen MR) is 133 cm³/mol. The summed E-state index contributed by atoms with van der Waals surface area (Å²) in [5.41, 5.74) is 13.7. The number of hydrogen-bond acceptors (Lipinski definition) is 11. The van der Waals surface area contributed by atoms with Gasteiger partial charge in [-0.2, -0.15) is 5.26 Å². The summed E-state index contributed by atoms with van der Waals surface area (Å²) in [6.07, 6.45) is 0. The molecule has 4 aromatic rings. The minimum Gasteiger partial charge on any atom is -0.397 e. The van der Waals surface area contributed by atoms with Gasteiger partial charge in [0.15, 0.2) is 0 Å². The number of fused-ring (bicyclic) bond motifs is 1. The first-order valence-electron chi connectivity index (χ1n) is 9.92. The third kappa shape index (κ3) is 4.07. The van der Waals surface area contributed by atoms with E-state index in [0.717, 1.165) is 22.7 Å². The van der Waals surface area contributed by atoms with Crippen molar-refractivity contribution in [2.24, 2.45) is 0 Å². The van der Waals surface area contributed by atoms with Crippen molar-refractivity contribution < 1.29 is 13.2 Å². The highest BCUT2D eigenvalue weighted by atomic mass is 32.2. The van der Waals surface area contributed by atoms with Crippen LogP contribution in [-0.2, 0) is 10.0 Å². The number of carbonyl (C=O) groups is 1. The number of anilines is 3. The third-order valence-electron chi connectivity index (χ3n) is 5.01. The summed E-state index contributed by atoms with van der Waals surface area (Å²) in [4.78, 5) is 18.2. The van der Waals surface area contributed by atoms with Crippen molar-refractivity contribution in [3.8, 4) is 6.07 Å². The Balaban J connectivity index is 1.71. The van der Waals surface area contributed by atoms with Crippen LogP contribution < -0.4 is 16.2 Å². The van der Waals surface area contributed by atoms with Crippen LogP contribution in [0.5, 0.6) is 0 Å². The molecule has 0 unspecified atom stereocenters. The number of hydrogen-bond donors (Lipinski definition) is 3. The summed E-state index contributed by atoms with van der Waals surface area (Å²) in [5.74, 6) is -0.369. The molecule has 0 aliphatic rings. The molecule has 34 heavy (non-hydrogen) atoms. The van der Waals surface area contributed by atoms with E-state index in [1.807, 2.05) is 13.8 Å². The van der Waals surface area contributed by atoms with Crippen LogP contribution in [-0.4, -0.2) is 29.4 Å². The van der Waals surface area contributed by atoms with E-state index in [4.69, 9.17) is 11.5 Å². The molecule has 3 heterocycles. The lowest BCUT2D eigenvalue weighted by Crippen LogP contribution is -2.13. The van der Waals surface area contributed by atoms with E-state index in [2.05, 4.69) is 26.0 Å². The second-order valence-electron chi connectivity index (χ2n) is 7.66. The van der Waals surface area contributed by atoms with Gasteiger partial charge >= 0.3 is 0 Å². The number of nitrogens with zero attached hydrogens (tertiary/aromatic N) is 4. The molecular formula is C21H19N7O3S3. The summed E-state index contributed by atoms with van der Waals surface area (Å²) < 4.78 is 27.6. The van der Waals surface area contributed by atoms with Gasteiger partial charge < -0.3 is 11.5 Å². The van der Waals surface area contributed by atoms with Crippen LogP contribution in [0.1, 0.15) is 51.1 Å². The molecule has 10 nitrogen and oxygen atoms in total. The predicted octanol–water partition coefficient (Wildman–Crippen LogP) is 3.65. The molecule has 5 N–H and O–H groups in total. The van der Waals surface area contributed by atoms with Gasteiger partial charge in [-0.1, -0.05) is 25.2 Å². The zero-order valence-electron chi connectivity index (χ0n) is 18.3. The molecule has 1 aromatic carbocycles. The highest BCUT2D eigenvalue weighted by Crippen LogP contribution is 2.41. The Bertz CT molecular complexity index is 1580. The summed E-state index contributed by atoms with van der Waals surface area (Å²) in [6, 6.07) is 7.57. The number of aryl methyl sites for hydroxylation is 1. The molecule has 0 spiro atoms. The van der Waals surface area contributed by atoms with Gasteiger partial charge in [0.1, 0.15) is 26.6 Å². The smallest absolute Gasteiger partial charge is 0.263 e. The minimum absolute atomic E-state index is 0.0311. The molecular weight excluding hydrogens is 494 g/mol. The van der Waals surface area contributed by atoms with E-state index in [-0.39, 0.29) is 49.2 Å². The maximum atomic E-state index is 13.2. The van der Waals surface area contributed by atoms with Crippen LogP contribution in [0.25, 0.3) is 10.2 Å². The van der Waals surface area contributed by atoms with Crippen LogP contribution in [0, 0.1) is 18.3 Å². The van der Waals surface area contributed by atoms with E-state index >= 15 is 0 Å². The molecule has 174 valence electrons. The number of nitriles is 1. The van der Waals surface area contributed by atoms with Gasteiger partial charge in [-0.25, -0.2) is 13.4 Å². The Labute approximate surface area is 203 Å². The number of sulfonamides is 1. The quantitative estimate of drug-likeness (QED) is 0.324. The van der Waals surface area contributed by atoms with Crippen molar-refractivity contribution in [3.63, 3.8) is 0 Å². The van der Waals surface area contributed by atoms with Gasteiger partial charge in [0, 0.05) is 10.9 Å². The Hall–Kier alpha value is -3.60. The number of nitrogen functional groups attached to an aromatic ring is 2. The SMILES string of the molecule is Cc1nnc(NS(=O)(=O)c2ccc(C(=O)c3sc4nc(N)c(C#N)c(C(C)C)c4c3N)cc2)s1. The van der Waals surface area contributed by atoms with Gasteiger partial charge in [-0.05, 0) is 42.7 Å². The number of nitrogens with one attached hydrogen (secondary N) is 1. The average Bonchev–Trinajstić information content (AvgIpc) is 3.33. The van der Waals surface area contributed by atoms with E-state index < -0.39 is 10.0 Å². The van der Waals surface area contributed by atoms with Gasteiger partial charge in [-0.15, -0.1) is 21.5 Å². The first-order chi connectivity index (χ1) is 16.0. The van der Waals surface area contributed by atoms with Crippen molar-refractivity contribution in [2.75, 3.05) is 16.2 Å². The van der Waals surface area contributed by atoms with Crippen molar-refractivity contribution >= 4 is 65.3 Å². The molecule has 4 rings (SSSR count). The molecule has 0 fully saturated rings. The van der Waals surface area contributed by atoms with E-state index in [9.17, 15) is 18.5 Å². The first-order valence-corrected chi connectivity index (χ1v) is 13.0. The van der Waals surface area contributed by atoms with Crippen LogP contribution in [0.15, 0.2) is 29.2 Å². The zero-order chi connectivity index (χ0) is 24.8. The van der Waals surface area contributed by atoms with E-state index in [1.54, 1.807) is 6.92 Å². The number of thiophene rings is 1. The topological polar surface area (TPSA) is 178 Å². The fraction of sp³-hybridized carbons (Fsp3) is 0.190. The van der Waals surface area contributed by atoms with E-state index in [1.165, 1.54) is 24.3 Å². The van der Waals surface area contributed by atoms with Gasteiger partial charge in [0.05, 0.1) is 16.1 Å². The van der Waals surface area contributed by atoms with Crippen LogP contribution in [0.2, 0.25) is 0 Å². The molecule has 0 bridgehead atoms. The van der Waals surface area contributed by atoms with Crippen molar-refractivity contribution in [2.45, 2.75) is 31.6 Å². The minimum atomic E-state index is -3.89. The van der Waals surface area contributed by atoms with Gasteiger partial charge in [-0.3, -0.25) is 9.52 Å². The summed E-state index contributed by atoms with van der Waals surface area (Å²) >= 11 is 2.20. The third-order valence-corrected chi connectivity index (χ3v) is 8.35. The number of rotatable bonds is 6. The van der Waals surface area contributed by atoms with E-state index in [0.29, 0.717) is 20.8 Å².